The van der Waals surface area contributed by atoms with Crippen LogP contribution in [0.2, 0.25) is 0 Å². The minimum atomic E-state index is 0.0474. The molecular weight excluding hydrogens is 300 g/mol. The van der Waals surface area contributed by atoms with E-state index in [4.69, 9.17) is 0 Å². The summed E-state index contributed by atoms with van der Waals surface area (Å²) in [6.45, 7) is 5.62. The van der Waals surface area contributed by atoms with Crippen LogP contribution in [0.25, 0.3) is 0 Å². The van der Waals surface area contributed by atoms with E-state index in [0.29, 0.717) is 5.91 Å². The molecule has 1 aliphatic carbocycles. The molecule has 2 amide bonds. The molecule has 0 radical (unpaired) electrons. The Hall–Kier alpha value is -1.84. The molecule has 1 aromatic carbocycles. The molecule has 0 aromatic heterocycles. The maximum atomic E-state index is 12.8. The van der Waals surface area contributed by atoms with Crippen LogP contribution in [-0.4, -0.2) is 41.8 Å². The van der Waals surface area contributed by atoms with Crippen LogP contribution in [0.1, 0.15) is 49.8 Å². The molecule has 1 aromatic rings. The van der Waals surface area contributed by atoms with E-state index in [1.165, 1.54) is 5.56 Å². The lowest BCUT2D eigenvalue weighted by molar-refractivity contribution is -0.141. The highest BCUT2D eigenvalue weighted by atomic mass is 16.2. The Morgan fingerprint density at radius 3 is 2.17 bits per heavy atom. The van der Waals surface area contributed by atoms with Gasteiger partial charge in [0, 0.05) is 32.0 Å². The first-order valence-electron chi connectivity index (χ1n) is 9.09. The highest BCUT2D eigenvalue weighted by molar-refractivity contribution is 5.82. The van der Waals surface area contributed by atoms with Gasteiger partial charge in [-0.2, -0.15) is 0 Å². The van der Waals surface area contributed by atoms with Gasteiger partial charge in [-0.25, -0.2) is 0 Å². The highest BCUT2D eigenvalue weighted by Gasteiger charge is 2.36. The minimum absolute atomic E-state index is 0.0474. The third kappa shape index (κ3) is 3.63. The first kappa shape index (κ1) is 17.0. The Labute approximate surface area is 144 Å². The number of hydrogen-bond acceptors (Lipinski definition) is 2. The van der Waals surface area contributed by atoms with Gasteiger partial charge in [-0.15, -0.1) is 0 Å². The van der Waals surface area contributed by atoms with Crippen molar-refractivity contribution in [2.24, 2.45) is 11.8 Å². The second kappa shape index (κ2) is 6.96. The van der Waals surface area contributed by atoms with E-state index in [2.05, 4.69) is 38.1 Å². The molecule has 3 rings (SSSR count). The van der Waals surface area contributed by atoms with E-state index in [1.807, 2.05) is 16.8 Å². The number of hydrogen-bond donors (Lipinski definition) is 0. The lowest BCUT2D eigenvalue weighted by Crippen LogP contribution is -2.44. The van der Waals surface area contributed by atoms with Crippen molar-refractivity contribution in [2.45, 2.75) is 45.6 Å². The summed E-state index contributed by atoms with van der Waals surface area (Å²) in [5.41, 5.74) is 2.39. The Bertz CT molecular complexity index is 599. The Kier molecular flexibility index (Phi) is 4.93. The molecule has 1 aliphatic heterocycles. The fraction of sp³-hybridized carbons (Fsp3) is 0.600. The van der Waals surface area contributed by atoms with Gasteiger partial charge in [-0.05, 0) is 45.1 Å². The lowest BCUT2D eigenvalue weighted by Gasteiger charge is -2.35. The number of rotatable bonds is 4. The zero-order chi connectivity index (χ0) is 17.3. The SMILES string of the molecule is Cc1ccc(C(C)N(C)C(=O)C2CCN(C(=O)C3CC3)CC2)cc1. The van der Waals surface area contributed by atoms with Crippen LogP contribution in [0.4, 0.5) is 0 Å². The van der Waals surface area contributed by atoms with Gasteiger partial charge in [0.1, 0.15) is 0 Å². The summed E-state index contributed by atoms with van der Waals surface area (Å²) in [4.78, 5) is 28.8. The van der Waals surface area contributed by atoms with Crippen LogP contribution < -0.4 is 0 Å². The van der Waals surface area contributed by atoms with E-state index < -0.39 is 0 Å². The van der Waals surface area contributed by atoms with Crippen LogP contribution in [0, 0.1) is 18.8 Å². The van der Waals surface area contributed by atoms with Gasteiger partial charge < -0.3 is 9.80 Å². The van der Waals surface area contributed by atoms with Crippen molar-refractivity contribution in [3.63, 3.8) is 0 Å². The zero-order valence-electron chi connectivity index (χ0n) is 15.0. The number of aryl methyl sites for hydroxylation is 1. The highest BCUT2D eigenvalue weighted by Crippen LogP contribution is 2.33. The van der Waals surface area contributed by atoms with Crippen LogP contribution in [0.5, 0.6) is 0 Å². The smallest absolute Gasteiger partial charge is 0.226 e. The van der Waals surface area contributed by atoms with Gasteiger partial charge in [0.2, 0.25) is 11.8 Å². The molecule has 24 heavy (non-hydrogen) atoms. The van der Waals surface area contributed by atoms with E-state index in [0.717, 1.165) is 44.3 Å². The van der Waals surface area contributed by atoms with Crippen LogP contribution in [-0.2, 0) is 9.59 Å². The predicted molar refractivity (Wildman–Crippen MR) is 94.4 cm³/mol. The average Bonchev–Trinajstić information content (AvgIpc) is 3.45. The Morgan fingerprint density at radius 1 is 1.04 bits per heavy atom. The second-order valence-corrected chi connectivity index (χ2v) is 7.41. The first-order valence-corrected chi connectivity index (χ1v) is 9.09. The summed E-state index contributed by atoms with van der Waals surface area (Å²) >= 11 is 0. The van der Waals surface area contributed by atoms with Crippen molar-refractivity contribution >= 4 is 11.8 Å². The van der Waals surface area contributed by atoms with Gasteiger partial charge in [0.25, 0.3) is 0 Å². The number of carbonyl (C=O) groups excluding carboxylic acids is 2. The fourth-order valence-corrected chi connectivity index (χ4v) is 3.48. The van der Waals surface area contributed by atoms with Gasteiger partial charge in [-0.3, -0.25) is 9.59 Å². The zero-order valence-corrected chi connectivity index (χ0v) is 15.0. The summed E-state index contributed by atoms with van der Waals surface area (Å²) in [6.07, 6.45) is 3.69. The molecule has 1 heterocycles. The van der Waals surface area contributed by atoms with Gasteiger partial charge in [0.05, 0.1) is 6.04 Å². The molecule has 4 heteroatoms. The van der Waals surface area contributed by atoms with Crippen molar-refractivity contribution in [1.82, 2.24) is 9.80 Å². The van der Waals surface area contributed by atoms with Gasteiger partial charge in [-0.1, -0.05) is 29.8 Å². The van der Waals surface area contributed by atoms with Crippen LogP contribution >= 0.6 is 0 Å². The van der Waals surface area contributed by atoms with Crippen molar-refractivity contribution in [1.29, 1.82) is 0 Å². The van der Waals surface area contributed by atoms with Crippen molar-refractivity contribution in [3.05, 3.63) is 35.4 Å². The number of amides is 2. The molecule has 0 spiro atoms. The molecule has 0 N–H and O–H groups in total. The normalized spacial score (nSPS) is 19.9. The van der Waals surface area contributed by atoms with E-state index in [-0.39, 0.29) is 23.8 Å². The predicted octanol–water partition coefficient (Wildman–Crippen LogP) is 3.16. The number of piperidine rings is 1. The molecule has 0 bridgehead atoms. The molecule has 4 nitrogen and oxygen atoms in total. The van der Waals surface area contributed by atoms with Crippen molar-refractivity contribution in [3.8, 4) is 0 Å². The van der Waals surface area contributed by atoms with Gasteiger partial charge >= 0.3 is 0 Å². The third-order valence-corrected chi connectivity index (χ3v) is 5.57. The molecule has 2 fully saturated rings. The molecule has 1 unspecified atom stereocenters. The maximum Gasteiger partial charge on any atom is 0.226 e. The topological polar surface area (TPSA) is 40.6 Å². The number of likely N-dealkylation sites (tertiary alicyclic amines) is 1. The van der Waals surface area contributed by atoms with Crippen LogP contribution in [0.15, 0.2) is 24.3 Å². The summed E-state index contributed by atoms with van der Waals surface area (Å²) in [5.74, 6) is 0.844. The monoisotopic (exact) mass is 328 g/mol. The van der Waals surface area contributed by atoms with Crippen LogP contribution in [0.3, 0.4) is 0 Å². The molecule has 2 aliphatic rings. The Balaban J connectivity index is 1.55. The van der Waals surface area contributed by atoms with E-state index in [1.54, 1.807) is 0 Å². The average molecular weight is 328 g/mol. The van der Waals surface area contributed by atoms with E-state index in [9.17, 15) is 9.59 Å². The van der Waals surface area contributed by atoms with Gasteiger partial charge in [0.15, 0.2) is 0 Å². The largest absolute Gasteiger partial charge is 0.342 e. The summed E-state index contributed by atoms with van der Waals surface area (Å²) < 4.78 is 0. The van der Waals surface area contributed by atoms with Crippen molar-refractivity contribution in [2.75, 3.05) is 20.1 Å². The first-order chi connectivity index (χ1) is 11.5. The molecule has 1 atom stereocenters. The molecule has 1 saturated heterocycles. The molecule has 130 valence electrons. The number of nitrogens with zero attached hydrogens (tertiary/aromatic N) is 2. The second-order valence-electron chi connectivity index (χ2n) is 7.41. The third-order valence-electron chi connectivity index (χ3n) is 5.57. The number of carbonyl (C=O) groups is 2. The number of benzene rings is 1. The van der Waals surface area contributed by atoms with E-state index >= 15 is 0 Å². The molecular formula is C20H28N2O2. The Morgan fingerprint density at radius 2 is 1.62 bits per heavy atom. The van der Waals surface area contributed by atoms with Crippen molar-refractivity contribution < 1.29 is 9.59 Å². The fourth-order valence-electron chi connectivity index (χ4n) is 3.48. The summed E-state index contributed by atoms with van der Waals surface area (Å²) in [7, 11) is 1.90. The summed E-state index contributed by atoms with van der Waals surface area (Å²) in [6, 6.07) is 8.45. The maximum absolute atomic E-state index is 12.8. The quantitative estimate of drug-likeness (QED) is 0.852. The standard InChI is InChI=1S/C20H28N2O2/c1-14-4-6-16(7-5-14)15(2)21(3)19(23)18-10-12-22(13-11-18)20(24)17-8-9-17/h4-7,15,17-18H,8-13H2,1-3H3. The lowest BCUT2D eigenvalue weighted by atomic mass is 9.94. The molecule has 1 saturated carbocycles. The summed E-state index contributed by atoms with van der Waals surface area (Å²) in [5, 5.41) is 0. The minimum Gasteiger partial charge on any atom is -0.342 e.